The highest BCUT2D eigenvalue weighted by atomic mass is 35.5. The van der Waals surface area contributed by atoms with Gasteiger partial charge in [-0.05, 0) is 25.3 Å². The Morgan fingerprint density at radius 2 is 2.17 bits per heavy atom. The molecule has 116 valence electrons. The Kier molecular flexibility index (Phi) is 3.79. The average molecular weight is 327 g/mol. The van der Waals surface area contributed by atoms with Crippen molar-refractivity contribution in [3.63, 3.8) is 0 Å². The molecule has 0 radical (unpaired) electrons. The van der Waals surface area contributed by atoms with Gasteiger partial charge in [-0.2, -0.15) is 5.10 Å². The summed E-state index contributed by atoms with van der Waals surface area (Å²) >= 11 is 6.00. The van der Waals surface area contributed by atoms with Crippen LogP contribution in [0.2, 0.25) is 5.15 Å². The monoisotopic (exact) mass is 326 g/mol. The zero-order valence-corrected chi connectivity index (χ0v) is 13.6. The van der Waals surface area contributed by atoms with E-state index >= 15 is 0 Å². The molecule has 0 bridgehead atoms. The molecule has 2 aromatic heterocycles. The standard InChI is InChI=1S/C16H16BClN4O/c17-10-4-5-13-11(7-10)16(12-8-19-9-14(18)20-12)21-22(13)15-3-1-2-6-23-15/h4-5,7-9,15H,1-3,6,17H2/t15-/m1/s1. The molecular weight excluding hydrogens is 310 g/mol. The fourth-order valence-corrected chi connectivity index (χ4v) is 3.18. The van der Waals surface area contributed by atoms with Gasteiger partial charge in [0.1, 0.15) is 24.4 Å². The third-order valence-electron chi connectivity index (χ3n) is 4.14. The number of nitrogens with zero attached hydrogens (tertiary/aromatic N) is 4. The zero-order chi connectivity index (χ0) is 15.8. The van der Waals surface area contributed by atoms with Gasteiger partial charge < -0.3 is 4.74 Å². The second-order valence-corrected chi connectivity index (χ2v) is 6.25. The highest BCUT2D eigenvalue weighted by molar-refractivity contribution is 6.33. The van der Waals surface area contributed by atoms with E-state index < -0.39 is 0 Å². The van der Waals surface area contributed by atoms with Crippen molar-refractivity contribution in [2.45, 2.75) is 25.5 Å². The first-order chi connectivity index (χ1) is 11.2. The molecule has 23 heavy (non-hydrogen) atoms. The van der Waals surface area contributed by atoms with Crippen LogP contribution in [0.3, 0.4) is 0 Å². The second kappa shape index (κ2) is 5.94. The number of hydrogen-bond acceptors (Lipinski definition) is 4. The van der Waals surface area contributed by atoms with Gasteiger partial charge in [0.05, 0.1) is 17.9 Å². The minimum Gasteiger partial charge on any atom is -0.356 e. The molecule has 1 atom stereocenters. The topological polar surface area (TPSA) is 52.8 Å². The summed E-state index contributed by atoms with van der Waals surface area (Å²) in [6.45, 7) is 0.782. The summed E-state index contributed by atoms with van der Waals surface area (Å²) < 4.78 is 7.89. The van der Waals surface area contributed by atoms with E-state index in [0.717, 1.165) is 42.5 Å². The molecule has 0 saturated carbocycles. The Morgan fingerprint density at radius 1 is 1.26 bits per heavy atom. The fourth-order valence-electron chi connectivity index (χ4n) is 3.04. The summed E-state index contributed by atoms with van der Waals surface area (Å²) in [4.78, 5) is 8.50. The number of hydrogen-bond donors (Lipinski definition) is 0. The Balaban J connectivity index is 1.91. The van der Waals surface area contributed by atoms with E-state index in [1.54, 1.807) is 6.20 Å². The summed E-state index contributed by atoms with van der Waals surface area (Å²) in [5.74, 6) is 0. The van der Waals surface area contributed by atoms with Crippen LogP contribution in [0.1, 0.15) is 25.5 Å². The molecule has 0 N–H and O–H groups in total. The molecule has 1 aromatic carbocycles. The largest absolute Gasteiger partial charge is 0.356 e. The third-order valence-corrected chi connectivity index (χ3v) is 4.32. The number of aromatic nitrogens is 4. The van der Waals surface area contributed by atoms with Crippen LogP contribution < -0.4 is 5.46 Å². The lowest BCUT2D eigenvalue weighted by molar-refractivity contribution is -0.0365. The highest BCUT2D eigenvalue weighted by Gasteiger charge is 2.22. The molecule has 1 aliphatic heterocycles. The number of benzene rings is 1. The van der Waals surface area contributed by atoms with E-state index in [4.69, 9.17) is 21.4 Å². The van der Waals surface area contributed by atoms with Crippen molar-refractivity contribution in [1.29, 1.82) is 0 Å². The number of halogens is 1. The van der Waals surface area contributed by atoms with Gasteiger partial charge in [0.25, 0.3) is 0 Å². The molecule has 0 aliphatic carbocycles. The van der Waals surface area contributed by atoms with Gasteiger partial charge in [0, 0.05) is 12.0 Å². The first-order valence-electron chi connectivity index (χ1n) is 7.81. The van der Waals surface area contributed by atoms with E-state index in [1.807, 2.05) is 4.68 Å². The van der Waals surface area contributed by atoms with Gasteiger partial charge >= 0.3 is 0 Å². The zero-order valence-electron chi connectivity index (χ0n) is 12.9. The SMILES string of the molecule is Bc1ccc2c(c1)c(-c1cncc(Cl)n1)nn2[C@H]1CCCCO1. The van der Waals surface area contributed by atoms with Crippen LogP contribution in [-0.2, 0) is 4.74 Å². The maximum atomic E-state index is 6.00. The molecule has 0 spiro atoms. The summed E-state index contributed by atoms with van der Waals surface area (Å²) in [6, 6.07) is 6.31. The van der Waals surface area contributed by atoms with Crippen molar-refractivity contribution in [3.05, 3.63) is 35.7 Å². The Hall–Kier alpha value is -1.92. The minimum atomic E-state index is -0.0187. The maximum Gasteiger partial charge on any atom is 0.150 e. The molecular formula is C16H16BClN4O. The molecule has 1 aliphatic rings. The number of fused-ring (bicyclic) bond motifs is 1. The lowest BCUT2D eigenvalue weighted by Gasteiger charge is -2.23. The van der Waals surface area contributed by atoms with Crippen LogP contribution in [0, 0.1) is 0 Å². The lowest BCUT2D eigenvalue weighted by atomic mass is 9.94. The molecule has 0 unspecified atom stereocenters. The van der Waals surface area contributed by atoms with Gasteiger partial charge in [-0.25, -0.2) is 9.67 Å². The van der Waals surface area contributed by atoms with E-state index in [-0.39, 0.29) is 6.23 Å². The normalized spacial score (nSPS) is 18.4. The van der Waals surface area contributed by atoms with Crippen LogP contribution in [-0.4, -0.2) is 34.2 Å². The van der Waals surface area contributed by atoms with Gasteiger partial charge in [-0.3, -0.25) is 4.98 Å². The molecule has 5 nitrogen and oxygen atoms in total. The van der Waals surface area contributed by atoms with Crippen molar-refractivity contribution in [3.8, 4) is 11.4 Å². The predicted octanol–water partition coefficient (Wildman–Crippen LogP) is 2.10. The molecule has 3 heterocycles. The number of rotatable bonds is 2. The summed E-state index contributed by atoms with van der Waals surface area (Å²) in [6.07, 6.45) is 6.45. The van der Waals surface area contributed by atoms with Gasteiger partial charge in [0.15, 0.2) is 6.23 Å². The second-order valence-electron chi connectivity index (χ2n) is 5.86. The number of ether oxygens (including phenoxy) is 1. The summed E-state index contributed by atoms with van der Waals surface area (Å²) in [5, 5.41) is 6.21. The fraction of sp³-hybridized carbons (Fsp3) is 0.312. The van der Waals surface area contributed by atoms with Crippen molar-refractivity contribution in [2.75, 3.05) is 6.61 Å². The molecule has 1 saturated heterocycles. The first-order valence-corrected chi connectivity index (χ1v) is 8.18. The third kappa shape index (κ3) is 2.73. The molecule has 3 aromatic rings. The van der Waals surface area contributed by atoms with Crippen LogP contribution in [0.4, 0.5) is 0 Å². The van der Waals surface area contributed by atoms with Gasteiger partial charge in [0.2, 0.25) is 0 Å². The van der Waals surface area contributed by atoms with Crippen LogP contribution in [0.15, 0.2) is 30.6 Å². The van der Waals surface area contributed by atoms with Crippen molar-refractivity contribution < 1.29 is 4.74 Å². The van der Waals surface area contributed by atoms with E-state index in [9.17, 15) is 0 Å². The smallest absolute Gasteiger partial charge is 0.150 e. The Labute approximate surface area is 140 Å². The Morgan fingerprint density at radius 3 is 2.96 bits per heavy atom. The Bertz CT molecular complexity index is 860. The predicted molar refractivity (Wildman–Crippen MR) is 92.8 cm³/mol. The van der Waals surface area contributed by atoms with Crippen molar-refractivity contribution in [1.82, 2.24) is 19.7 Å². The first kappa shape index (κ1) is 14.7. The molecule has 1 fully saturated rings. The summed E-state index contributed by atoms with van der Waals surface area (Å²) in [5.41, 5.74) is 3.72. The van der Waals surface area contributed by atoms with Crippen molar-refractivity contribution >= 4 is 35.8 Å². The molecule has 0 amide bonds. The van der Waals surface area contributed by atoms with E-state index in [1.165, 1.54) is 11.7 Å². The van der Waals surface area contributed by atoms with Crippen LogP contribution in [0.5, 0.6) is 0 Å². The quantitative estimate of drug-likeness (QED) is 0.677. The van der Waals surface area contributed by atoms with Crippen LogP contribution in [0.25, 0.3) is 22.3 Å². The highest BCUT2D eigenvalue weighted by Crippen LogP contribution is 2.31. The lowest BCUT2D eigenvalue weighted by Crippen LogP contribution is -2.19. The van der Waals surface area contributed by atoms with Gasteiger partial charge in [-0.15, -0.1) is 0 Å². The minimum absolute atomic E-state index is 0.0187. The maximum absolute atomic E-state index is 6.00. The molecule has 4 rings (SSSR count). The average Bonchev–Trinajstić information content (AvgIpc) is 2.94. The summed E-state index contributed by atoms with van der Waals surface area (Å²) in [7, 11) is 2.07. The van der Waals surface area contributed by atoms with Crippen molar-refractivity contribution in [2.24, 2.45) is 0 Å². The van der Waals surface area contributed by atoms with E-state index in [2.05, 4.69) is 36.0 Å². The molecule has 7 heteroatoms. The van der Waals surface area contributed by atoms with Gasteiger partial charge in [-0.1, -0.05) is 29.2 Å². The van der Waals surface area contributed by atoms with E-state index in [0.29, 0.717) is 10.8 Å². The van der Waals surface area contributed by atoms with Crippen LogP contribution >= 0.6 is 11.6 Å².